The molecular weight excluding hydrogens is 658 g/mol. The van der Waals surface area contributed by atoms with Gasteiger partial charge in [0, 0.05) is 19.1 Å². The number of fused-ring (bicyclic) bond motifs is 4. The first-order valence-electron chi connectivity index (χ1n) is 16.4. The zero-order valence-corrected chi connectivity index (χ0v) is 28.2. The van der Waals surface area contributed by atoms with Gasteiger partial charge in [0.2, 0.25) is 0 Å². The van der Waals surface area contributed by atoms with Gasteiger partial charge in [-0.15, -0.1) is 24.5 Å². The predicted octanol–water partition coefficient (Wildman–Crippen LogP) is 7.53. The molecule has 6 nitrogen and oxygen atoms in total. The van der Waals surface area contributed by atoms with E-state index in [9.17, 15) is 9.90 Å². The van der Waals surface area contributed by atoms with Crippen molar-refractivity contribution in [3.8, 4) is 22.5 Å². The Labute approximate surface area is 286 Å². The van der Waals surface area contributed by atoms with Gasteiger partial charge in [-0.05, 0) is 66.7 Å². The van der Waals surface area contributed by atoms with Crippen LogP contribution in [0.4, 0.5) is 0 Å². The predicted molar refractivity (Wildman–Crippen MR) is 173 cm³/mol. The summed E-state index contributed by atoms with van der Waals surface area (Å²) >= 11 is 0. The average Bonchev–Trinajstić information content (AvgIpc) is 3.89. The number of rotatable bonds is 6. The van der Waals surface area contributed by atoms with Crippen LogP contribution in [0, 0.1) is 36.3 Å². The Kier molecular flexibility index (Phi) is 11.6. The second-order valence-electron chi connectivity index (χ2n) is 13.3. The molecule has 4 aromatic rings. The summed E-state index contributed by atoms with van der Waals surface area (Å²) in [6.45, 7) is 4.38. The molecule has 4 aliphatic rings. The van der Waals surface area contributed by atoms with Crippen molar-refractivity contribution in [3.63, 3.8) is 0 Å². The third-order valence-electron chi connectivity index (χ3n) is 10.1. The van der Waals surface area contributed by atoms with Gasteiger partial charge in [-0.2, -0.15) is 0 Å². The zero-order chi connectivity index (χ0) is 31.2. The van der Waals surface area contributed by atoms with Gasteiger partial charge < -0.3 is 25.0 Å². The third kappa shape index (κ3) is 8.42. The van der Waals surface area contributed by atoms with Crippen LogP contribution < -0.4 is 5.11 Å². The molecule has 0 aliphatic heterocycles. The van der Waals surface area contributed by atoms with Gasteiger partial charge in [-0.3, -0.25) is 4.79 Å². The van der Waals surface area contributed by atoms with Crippen LogP contribution in [0.5, 0.6) is 0 Å². The largest absolute Gasteiger partial charge is 3.00 e. The average molecular weight is 699 g/mol. The molecule has 6 atom stereocenters. The van der Waals surface area contributed by atoms with Crippen molar-refractivity contribution in [2.24, 2.45) is 23.7 Å². The maximum atomic E-state index is 9.99. The van der Waals surface area contributed by atoms with Gasteiger partial charge in [0.25, 0.3) is 0 Å². The molecule has 0 spiro atoms. The Hall–Kier alpha value is -3.57. The quantitative estimate of drug-likeness (QED) is 0.118. The molecule has 4 fully saturated rings. The summed E-state index contributed by atoms with van der Waals surface area (Å²) in [7, 11) is 0. The number of Topliss-reactive ketones (excluding diaryl/α,β-unsaturated/α-hetero) is 1. The maximum Gasteiger partial charge on any atom is 3.00 e. The Morgan fingerprint density at radius 3 is 1.46 bits per heavy atom. The summed E-state index contributed by atoms with van der Waals surface area (Å²) in [5.41, 5.74) is 6.75. The number of carbonyl (C=O) groups is 1. The monoisotopic (exact) mass is 699 g/mol. The first kappa shape index (κ1) is 33.8. The summed E-state index contributed by atoms with van der Waals surface area (Å²) < 4.78 is 0. The minimum absolute atomic E-state index is 0. The van der Waals surface area contributed by atoms with Gasteiger partial charge >= 0.3 is 19.5 Å². The van der Waals surface area contributed by atoms with E-state index in [0.29, 0.717) is 11.8 Å². The van der Waals surface area contributed by atoms with Gasteiger partial charge in [0.1, 0.15) is 5.78 Å². The van der Waals surface area contributed by atoms with Crippen LogP contribution in [-0.2, 0) is 24.3 Å². The van der Waals surface area contributed by atoms with E-state index in [2.05, 4.69) is 99.8 Å². The molecule has 0 saturated heterocycles. The first-order valence-corrected chi connectivity index (χ1v) is 16.4. The van der Waals surface area contributed by atoms with Gasteiger partial charge in [0.05, 0.1) is 0 Å². The molecule has 7 heteroatoms. The van der Waals surface area contributed by atoms with Gasteiger partial charge in [0.15, 0.2) is 0 Å². The molecule has 1 radical (unpaired) electrons. The molecule has 46 heavy (non-hydrogen) atoms. The Balaban J connectivity index is 0.000000149. The van der Waals surface area contributed by atoms with Crippen LogP contribution in [0.15, 0.2) is 85.1 Å². The Morgan fingerprint density at radius 1 is 0.717 bits per heavy atom. The molecule has 4 aliphatic carbocycles. The van der Waals surface area contributed by atoms with Crippen LogP contribution in [-0.4, -0.2) is 25.7 Å². The molecular formula is C39H41N4O2Ru. The van der Waals surface area contributed by atoms with E-state index in [0.717, 1.165) is 46.2 Å². The SMILES string of the molecule is C=C([O-])CC(C)=O.[Ru+3].[c-]1nc(-c2ccccc2)cc(C2CC3CCC2C3)n1.[c-]1nc(-c2ccccc2)cc(C2CC3CCC2C3)n1. The number of hydrogen-bond donors (Lipinski definition) is 0. The fourth-order valence-corrected chi connectivity index (χ4v) is 8.07. The molecule has 8 rings (SSSR count). The Morgan fingerprint density at radius 2 is 1.15 bits per heavy atom. The van der Waals surface area contributed by atoms with Crippen LogP contribution in [0.3, 0.4) is 0 Å². The van der Waals surface area contributed by atoms with Crippen LogP contribution in [0.2, 0.25) is 0 Å². The van der Waals surface area contributed by atoms with Crippen molar-refractivity contribution in [2.75, 3.05) is 0 Å². The molecule has 0 amide bonds. The summed E-state index contributed by atoms with van der Waals surface area (Å²) in [6.07, 6.45) is 16.8. The fourth-order valence-electron chi connectivity index (χ4n) is 8.07. The van der Waals surface area contributed by atoms with Crippen molar-refractivity contribution in [1.29, 1.82) is 0 Å². The molecule has 0 N–H and O–H groups in total. The zero-order valence-electron chi connectivity index (χ0n) is 26.4. The van der Waals surface area contributed by atoms with Crippen molar-refractivity contribution < 1.29 is 29.4 Å². The number of nitrogens with zero attached hydrogens (tertiary/aromatic N) is 4. The third-order valence-corrected chi connectivity index (χ3v) is 10.1. The summed E-state index contributed by atoms with van der Waals surface area (Å²) in [5.74, 6) is 4.48. The molecule has 2 aromatic carbocycles. The minimum atomic E-state index is -0.312. The number of carbonyl (C=O) groups excluding carboxylic acids is 1. The smallest absolute Gasteiger partial charge is 0.876 e. The molecule has 4 saturated carbocycles. The van der Waals surface area contributed by atoms with E-state index in [1.165, 1.54) is 69.7 Å². The van der Waals surface area contributed by atoms with Crippen LogP contribution in [0.25, 0.3) is 22.5 Å². The fraction of sp³-hybridized carbons (Fsp3) is 0.410. The van der Waals surface area contributed by atoms with Crippen molar-refractivity contribution >= 4 is 5.78 Å². The maximum absolute atomic E-state index is 9.99. The first-order chi connectivity index (χ1) is 21.9. The van der Waals surface area contributed by atoms with Crippen LogP contribution in [0.1, 0.15) is 87.9 Å². The molecule has 4 bridgehead atoms. The molecule has 6 unspecified atom stereocenters. The molecule has 2 heterocycles. The summed E-state index contributed by atoms with van der Waals surface area (Å²) in [5, 5.41) is 9.92. The van der Waals surface area contributed by atoms with Crippen molar-refractivity contribution in [2.45, 2.75) is 76.5 Å². The van der Waals surface area contributed by atoms with E-state index in [1.54, 1.807) is 0 Å². The number of ketones is 1. The normalized spacial score (nSPS) is 25.0. The number of hydrogen-bond acceptors (Lipinski definition) is 6. The van der Waals surface area contributed by atoms with Crippen LogP contribution >= 0.6 is 0 Å². The van der Waals surface area contributed by atoms with E-state index < -0.39 is 0 Å². The van der Waals surface area contributed by atoms with E-state index in [1.807, 2.05) is 12.1 Å². The summed E-state index contributed by atoms with van der Waals surface area (Å²) in [6, 6.07) is 25.0. The standard InChI is InChI=1S/2C17H17N2.C5H8O2.Ru/c2*1-2-4-13(5-3-1)16-10-17(19-11-18-16)15-9-12-6-7-14(15)8-12;1-4(6)3-5(2)7;/h2*1-5,10,12,14-15H,6-9H2;6H,1,3H2,2H3;/q2*-1;;+3/p-1. The number of benzene rings is 2. The van der Waals surface area contributed by atoms with E-state index >= 15 is 0 Å². The van der Waals surface area contributed by atoms with Gasteiger partial charge in [-0.1, -0.05) is 122 Å². The van der Waals surface area contributed by atoms with E-state index in [4.69, 9.17) is 0 Å². The number of aromatic nitrogens is 4. The topological polar surface area (TPSA) is 91.7 Å². The van der Waals surface area contributed by atoms with Gasteiger partial charge in [-0.25, -0.2) is 0 Å². The summed E-state index contributed by atoms with van der Waals surface area (Å²) in [4.78, 5) is 27.5. The number of allylic oxidation sites excluding steroid dienone is 1. The Bertz CT molecular complexity index is 1480. The molecule has 2 aromatic heterocycles. The minimum Gasteiger partial charge on any atom is -0.876 e. The second kappa shape index (κ2) is 15.8. The molecule has 237 valence electrons. The van der Waals surface area contributed by atoms with E-state index in [-0.39, 0.29) is 37.4 Å². The van der Waals surface area contributed by atoms with Crippen molar-refractivity contribution in [1.82, 2.24) is 19.9 Å². The van der Waals surface area contributed by atoms with Crippen molar-refractivity contribution in [3.05, 3.63) is 109 Å². The second-order valence-corrected chi connectivity index (χ2v) is 13.3.